The van der Waals surface area contributed by atoms with Gasteiger partial charge in [-0.3, -0.25) is 0 Å². The Bertz CT molecular complexity index is 2240. The first kappa shape index (κ1) is 29.4. The Morgan fingerprint density at radius 2 is 1.44 bits per heavy atom. The second-order valence-corrected chi connectivity index (χ2v) is 14.0. The van der Waals surface area contributed by atoms with Crippen LogP contribution in [-0.4, -0.2) is 27.1 Å². The molecule has 1 saturated carbocycles. The molecule has 246 valence electrons. The summed E-state index contributed by atoms with van der Waals surface area (Å²) in [5.41, 5.74) is 10.4. The van der Waals surface area contributed by atoms with Gasteiger partial charge in [-0.1, -0.05) is 73.2 Å². The fraction of sp³-hybridized carbons (Fsp3) is 0.250. The summed E-state index contributed by atoms with van der Waals surface area (Å²) in [7, 11) is 0. The topological polar surface area (TPSA) is 64.3 Å². The maximum atomic E-state index is 6.82. The van der Waals surface area contributed by atoms with Crippen molar-refractivity contribution in [3.8, 4) is 28.5 Å². The zero-order valence-corrected chi connectivity index (χ0v) is 28.0. The van der Waals surface area contributed by atoms with E-state index < -0.39 is 0 Å². The van der Waals surface area contributed by atoms with Crippen molar-refractivity contribution in [1.82, 2.24) is 15.0 Å². The molecule has 0 N–H and O–H groups in total. The zero-order chi connectivity index (χ0) is 33.0. The van der Waals surface area contributed by atoms with Crippen LogP contribution in [0.2, 0.25) is 0 Å². The Labute approximate surface area is 292 Å². The van der Waals surface area contributed by atoms with Crippen LogP contribution in [0.25, 0.3) is 46.6 Å². The molecule has 4 aliphatic carbocycles. The fourth-order valence-corrected chi connectivity index (χ4v) is 8.41. The van der Waals surface area contributed by atoms with Crippen molar-refractivity contribution in [2.75, 3.05) is 4.90 Å². The number of rotatable bonds is 4. The van der Waals surface area contributed by atoms with Crippen LogP contribution >= 0.6 is 0 Å². The van der Waals surface area contributed by atoms with Gasteiger partial charge in [-0.15, -0.1) is 0 Å². The van der Waals surface area contributed by atoms with E-state index in [9.17, 15) is 0 Å². The molecule has 0 saturated heterocycles. The minimum Gasteiger partial charge on any atom is -0.485 e. The van der Waals surface area contributed by atoms with Crippen LogP contribution in [0.5, 0.6) is 5.75 Å². The number of benzene rings is 3. The van der Waals surface area contributed by atoms with Gasteiger partial charge in [-0.2, -0.15) is 0 Å². The lowest BCUT2D eigenvalue weighted by Gasteiger charge is -2.46. The van der Waals surface area contributed by atoms with Crippen LogP contribution in [-0.2, 0) is 19.3 Å². The smallest absolute Gasteiger partial charge is 0.164 e. The molecule has 1 aliphatic heterocycles. The van der Waals surface area contributed by atoms with Gasteiger partial charge in [0.05, 0.1) is 11.7 Å². The Hall–Kier alpha value is -5.49. The van der Waals surface area contributed by atoms with Gasteiger partial charge in [0.2, 0.25) is 0 Å². The number of hydrogen-bond donors (Lipinski definition) is 0. The second kappa shape index (κ2) is 12.1. The van der Waals surface area contributed by atoms with Crippen LogP contribution < -0.4 is 9.64 Å². The molecule has 6 nitrogen and oxygen atoms in total. The lowest BCUT2D eigenvalue weighted by atomic mass is 9.87. The van der Waals surface area contributed by atoms with Crippen molar-refractivity contribution >= 4 is 35.2 Å². The van der Waals surface area contributed by atoms with Gasteiger partial charge >= 0.3 is 0 Å². The van der Waals surface area contributed by atoms with E-state index in [-0.39, 0.29) is 6.10 Å². The zero-order valence-electron chi connectivity index (χ0n) is 28.0. The highest BCUT2D eigenvalue weighted by atomic mass is 16.5. The molecule has 5 aromatic rings. The maximum absolute atomic E-state index is 6.82. The van der Waals surface area contributed by atoms with E-state index in [0.717, 1.165) is 78.9 Å². The Morgan fingerprint density at radius 3 is 2.32 bits per heavy atom. The third kappa shape index (κ3) is 5.04. The summed E-state index contributed by atoms with van der Waals surface area (Å²) in [5, 5.41) is 0. The molecular formula is C44H38N4O2. The largest absolute Gasteiger partial charge is 0.485 e. The highest BCUT2D eigenvalue weighted by Gasteiger charge is 2.39. The lowest BCUT2D eigenvalue weighted by molar-refractivity contribution is 0.119. The third-order valence-corrected chi connectivity index (χ3v) is 10.9. The Morgan fingerprint density at radius 1 is 0.660 bits per heavy atom. The minimum atomic E-state index is 0.189. The summed E-state index contributed by atoms with van der Waals surface area (Å²) in [6.45, 7) is 0. The van der Waals surface area contributed by atoms with Gasteiger partial charge in [0.15, 0.2) is 23.2 Å². The molecule has 10 rings (SSSR count). The Kier molecular flexibility index (Phi) is 7.14. The molecule has 2 atom stereocenters. The minimum absolute atomic E-state index is 0.189. The van der Waals surface area contributed by atoms with Gasteiger partial charge in [0.25, 0.3) is 0 Å². The van der Waals surface area contributed by atoms with Gasteiger partial charge in [0, 0.05) is 39.1 Å². The summed E-state index contributed by atoms with van der Waals surface area (Å²) in [6.07, 6.45) is 25.2. The normalized spacial score (nSPS) is 20.1. The predicted molar refractivity (Wildman–Crippen MR) is 200 cm³/mol. The number of aryl methyl sites for hydroxylation is 1. The molecule has 0 amide bonds. The van der Waals surface area contributed by atoms with Crippen LogP contribution in [0.1, 0.15) is 78.1 Å². The van der Waals surface area contributed by atoms with Crippen molar-refractivity contribution in [1.29, 1.82) is 0 Å². The number of ether oxygens (including phenoxy) is 1. The van der Waals surface area contributed by atoms with E-state index >= 15 is 0 Å². The third-order valence-electron chi connectivity index (χ3n) is 10.9. The number of fused-ring (bicyclic) bond motifs is 7. The van der Waals surface area contributed by atoms with Gasteiger partial charge < -0.3 is 14.1 Å². The quantitative estimate of drug-likeness (QED) is 0.192. The van der Waals surface area contributed by atoms with Crippen molar-refractivity contribution in [3.05, 3.63) is 131 Å². The van der Waals surface area contributed by atoms with Crippen LogP contribution in [0.4, 0.5) is 11.4 Å². The number of furan rings is 1. The molecule has 5 aliphatic rings. The number of anilines is 2. The van der Waals surface area contributed by atoms with E-state index in [4.69, 9.17) is 24.1 Å². The maximum Gasteiger partial charge on any atom is 0.164 e. The molecular weight excluding hydrogens is 617 g/mol. The van der Waals surface area contributed by atoms with Crippen molar-refractivity contribution in [2.45, 2.75) is 69.9 Å². The fourth-order valence-electron chi connectivity index (χ4n) is 8.41. The average molecular weight is 655 g/mol. The van der Waals surface area contributed by atoms with Crippen LogP contribution in [0, 0.1) is 0 Å². The monoisotopic (exact) mass is 654 g/mol. The number of hydrogen-bond acceptors (Lipinski definition) is 6. The van der Waals surface area contributed by atoms with E-state index in [1.165, 1.54) is 46.5 Å². The number of allylic oxidation sites excluding steroid dienone is 5. The van der Waals surface area contributed by atoms with E-state index in [1.807, 2.05) is 18.2 Å². The average Bonchev–Trinajstić information content (AvgIpc) is 3.39. The van der Waals surface area contributed by atoms with Gasteiger partial charge in [-0.25, -0.2) is 15.0 Å². The first-order chi connectivity index (χ1) is 24.8. The summed E-state index contributed by atoms with van der Waals surface area (Å²) in [6, 6.07) is 23.9. The highest BCUT2D eigenvalue weighted by molar-refractivity contribution is 5.87. The molecule has 0 bridgehead atoms. The first-order valence-electron chi connectivity index (χ1n) is 18.2. The molecule has 0 radical (unpaired) electrons. The molecule has 6 heteroatoms. The summed E-state index contributed by atoms with van der Waals surface area (Å²) in [4.78, 5) is 17.7. The first-order valence-corrected chi connectivity index (χ1v) is 18.2. The standard InChI is InChI=1S/C44H38N4O2/c1-2-12-29(13-3-1)42-45-43(47-44(46-42)31-14-10-17-35-34-16-6-8-19-38(34)49-40(35)27-31)30-21-24-32(25-22-30)48-36-18-7-9-20-39(36)50-41-33-15-5-4-11-28(33)23-26-37(41)48/h1-3,5,8,10,12-15,19,21-27,36,39H,4,6-7,9,11,16-18,20H2. The van der Waals surface area contributed by atoms with E-state index in [1.54, 1.807) is 0 Å². The van der Waals surface area contributed by atoms with Gasteiger partial charge in [-0.05, 0) is 99.4 Å². The van der Waals surface area contributed by atoms with Crippen molar-refractivity contribution < 1.29 is 9.15 Å². The van der Waals surface area contributed by atoms with E-state index in [0.29, 0.717) is 23.5 Å². The summed E-state index contributed by atoms with van der Waals surface area (Å²) < 4.78 is 13.2. The SMILES string of the molecule is C1=Cc2c(ccc3c2OC2CCCCC2N3c2ccc(-c3nc(C4=Cc5oc6c(c5CC=C4)CCC=C6)nc(-c4ccccc4)n3)cc2)CC1. The molecule has 1 fully saturated rings. The second-order valence-electron chi connectivity index (χ2n) is 14.0. The molecule has 3 heterocycles. The van der Waals surface area contributed by atoms with Crippen molar-refractivity contribution in [3.63, 3.8) is 0 Å². The van der Waals surface area contributed by atoms with Crippen molar-refractivity contribution in [2.24, 2.45) is 0 Å². The highest BCUT2D eigenvalue weighted by Crippen LogP contribution is 2.48. The predicted octanol–water partition coefficient (Wildman–Crippen LogP) is 10.2. The van der Waals surface area contributed by atoms with Crippen LogP contribution in [0.3, 0.4) is 0 Å². The Balaban J connectivity index is 1.06. The molecule has 50 heavy (non-hydrogen) atoms. The van der Waals surface area contributed by atoms with E-state index in [2.05, 4.69) is 96.0 Å². The van der Waals surface area contributed by atoms with Gasteiger partial charge in [0.1, 0.15) is 17.6 Å². The van der Waals surface area contributed by atoms with Crippen LogP contribution in [0.15, 0.2) is 95.5 Å². The molecule has 2 unspecified atom stereocenters. The summed E-state index contributed by atoms with van der Waals surface area (Å²) >= 11 is 0. The molecule has 0 spiro atoms. The lowest BCUT2D eigenvalue weighted by Crippen LogP contribution is -2.49. The number of nitrogens with zero attached hydrogens (tertiary/aromatic N) is 4. The molecule has 3 aromatic carbocycles. The number of aromatic nitrogens is 3. The molecule has 2 aromatic heterocycles. The summed E-state index contributed by atoms with van der Waals surface area (Å²) in [5.74, 6) is 4.86.